The Morgan fingerprint density at radius 1 is 1.05 bits per heavy atom. The molecule has 2 aliphatic rings. The molecule has 0 saturated carbocycles. The second-order valence-electron chi connectivity index (χ2n) is 10.4. The zero-order valence-electron chi connectivity index (χ0n) is 22.6. The zero-order chi connectivity index (χ0) is 28.2. The van der Waals surface area contributed by atoms with E-state index >= 15 is 0 Å². The van der Waals surface area contributed by atoms with Gasteiger partial charge >= 0.3 is 0 Å². The van der Waals surface area contributed by atoms with Crippen molar-refractivity contribution in [1.29, 1.82) is 0 Å². The van der Waals surface area contributed by atoms with Gasteiger partial charge in [0.15, 0.2) is 5.75 Å². The zero-order valence-corrected chi connectivity index (χ0v) is 24.1. The van der Waals surface area contributed by atoms with Crippen molar-refractivity contribution in [3.8, 4) is 16.9 Å². The maximum absolute atomic E-state index is 13.7. The van der Waals surface area contributed by atoms with E-state index in [9.17, 15) is 9.59 Å². The molecular weight excluding hydrogens is 547 g/mol. The summed E-state index contributed by atoms with van der Waals surface area (Å²) in [6, 6.07) is 19.4. The smallest absolute Gasteiger partial charge is 0.223 e. The van der Waals surface area contributed by atoms with Gasteiger partial charge in [0.25, 0.3) is 0 Å². The number of oxime groups is 1. The number of carbonyl (C=O) groups is 2. The first kappa shape index (κ1) is 28.1. The van der Waals surface area contributed by atoms with Gasteiger partial charge in [0, 0.05) is 50.2 Å². The topological polar surface area (TPSA) is 74.2 Å². The summed E-state index contributed by atoms with van der Waals surface area (Å²) in [7, 11) is 1.88. The van der Waals surface area contributed by atoms with E-state index in [1.54, 1.807) is 18.3 Å². The first-order valence-corrected chi connectivity index (χ1v) is 14.2. The number of halogens is 2. The molecule has 2 unspecified atom stereocenters. The van der Waals surface area contributed by atoms with Crippen molar-refractivity contribution in [1.82, 2.24) is 9.80 Å². The normalized spacial score (nSPS) is 17.1. The summed E-state index contributed by atoms with van der Waals surface area (Å²) in [4.78, 5) is 34.8. The fourth-order valence-electron chi connectivity index (χ4n) is 5.36. The van der Waals surface area contributed by atoms with Crippen LogP contribution in [0.2, 0.25) is 10.0 Å². The molecule has 2 atom stereocenters. The number of rotatable bonds is 8. The van der Waals surface area contributed by atoms with Crippen molar-refractivity contribution < 1.29 is 14.4 Å². The van der Waals surface area contributed by atoms with E-state index in [0.29, 0.717) is 15.8 Å². The highest BCUT2D eigenvalue weighted by Crippen LogP contribution is 2.38. The molecule has 3 aromatic rings. The van der Waals surface area contributed by atoms with Gasteiger partial charge in [-0.15, -0.1) is 0 Å². The van der Waals surface area contributed by atoms with Gasteiger partial charge in [-0.3, -0.25) is 9.59 Å². The third-order valence-corrected chi connectivity index (χ3v) is 8.26. The second kappa shape index (κ2) is 12.4. The van der Waals surface area contributed by atoms with Crippen molar-refractivity contribution in [2.75, 3.05) is 32.0 Å². The van der Waals surface area contributed by atoms with E-state index in [1.165, 1.54) is 19.8 Å². The van der Waals surface area contributed by atoms with Gasteiger partial charge in [-0.05, 0) is 60.8 Å². The molecule has 3 aromatic carbocycles. The summed E-state index contributed by atoms with van der Waals surface area (Å²) >= 11 is 12.4. The summed E-state index contributed by atoms with van der Waals surface area (Å²) in [5.74, 6) is 0.155. The number of likely N-dealkylation sites (N-methyl/N-ethyl adjacent to an activating group) is 1. The molecule has 1 N–H and O–H groups in total. The molecule has 0 aliphatic carbocycles. The quantitative estimate of drug-likeness (QED) is 0.320. The fraction of sp³-hybridized carbons (Fsp3) is 0.323. The van der Waals surface area contributed by atoms with Gasteiger partial charge < -0.3 is 20.0 Å². The van der Waals surface area contributed by atoms with Crippen LogP contribution in [0.4, 0.5) is 5.69 Å². The minimum Gasteiger partial charge on any atom is -0.357 e. The molecule has 0 bridgehead atoms. The molecular formula is C31H32Cl2N4O3. The summed E-state index contributed by atoms with van der Waals surface area (Å²) < 4.78 is 0. The lowest BCUT2D eigenvalue weighted by molar-refractivity contribution is -0.132. The van der Waals surface area contributed by atoms with Crippen molar-refractivity contribution in [3.63, 3.8) is 0 Å². The standard InChI is InChI=1S/C31H32Cl2N4O3/c1-20(38)35-25-7-5-6-23(14-25)21-8-10-22(11-9-21)29(19-37-12-3-4-13-37)36(2)31(39)15-24-18-34-40-30-17-28(33)27(32)16-26(24)30/h5-11,14,16-18,24,29H,3-4,12-13,15,19H2,1-2H3,(H,35,38). The SMILES string of the molecule is CC(=O)Nc1cccc(-c2ccc(C(CN3CCCC3)N(C)C(=O)CC3C=NOc4cc(Cl)c(Cl)cc43)cc2)c1. The maximum Gasteiger partial charge on any atom is 0.223 e. The van der Waals surface area contributed by atoms with E-state index in [2.05, 4.69) is 39.6 Å². The van der Waals surface area contributed by atoms with Crippen LogP contribution >= 0.6 is 23.2 Å². The Bertz CT molecular complexity index is 1420. The molecule has 7 nitrogen and oxygen atoms in total. The van der Waals surface area contributed by atoms with Gasteiger partial charge in [0.05, 0.1) is 22.3 Å². The molecule has 9 heteroatoms. The fourth-order valence-corrected chi connectivity index (χ4v) is 5.69. The summed E-state index contributed by atoms with van der Waals surface area (Å²) in [5.41, 5.74) is 4.67. The van der Waals surface area contributed by atoms with Crippen LogP contribution in [0, 0.1) is 0 Å². The number of amides is 2. The van der Waals surface area contributed by atoms with E-state index in [-0.39, 0.29) is 30.2 Å². The van der Waals surface area contributed by atoms with Crippen LogP contribution in [0.1, 0.15) is 49.3 Å². The van der Waals surface area contributed by atoms with E-state index < -0.39 is 0 Å². The largest absolute Gasteiger partial charge is 0.357 e. The monoisotopic (exact) mass is 578 g/mol. The minimum absolute atomic E-state index is 0.00616. The number of nitrogens with zero attached hydrogens (tertiary/aromatic N) is 3. The second-order valence-corrected chi connectivity index (χ2v) is 11.2. The number of carbonyl (C=O) groups excluding carboxylic acids is 2. The van der Waals surface area contributed by atoms with Crippen LogP contribution in [0.15, 0.2) is 65.8 Å². The Balaban J connectivity index is 1.37. The molecule has 0 radical (unpaired) electrons. The molecule has 1 saturated heterocycles. The first-order valence-electron chi connectivity index (χ1n) is 13.4. The highest BCUT2D eigenvalue weighted by molar-refractivity contribution is 6.42. The van der Waals surface area contributed by atoms with Crippen LogP contribution in [0.5, 0.6) is 5.75 Å². The number of hydrogen-bond acceptors (Lipinski definition) is 5. The molecule has 0 aromatic heterocycles. The molecule has 2 heterocycles. The lowest BCUT2D eigenvalue weighted by Crippen LogP contribution is -2.39. The third-order valence-electron chi connectivity index (χ3n) is 7.54. The minimum atomic E-state index is -0.265. The predicted molar refractivity (Wildman–Crippen MR) is 160 cm³/mol. The Labute approximate surface area is 244 Å². The Morgan fingerprint density at radius 2 is 1.77 bits per heavy atom. The molecule has 2 amide bonds. The van der Waals surface area contributed by atoms with Gasteiger partial charge in [-0.2, -0.15) is 0 Å². The van der Waals surface area contributed by atoms with Crippen LogP contribution in [0.25, 0.3) is 11.1 Å². The summed E-state index contributed by atoms with van der Waals surface area (Å²) in [6.07, 6.45) is 4.23. The highest BCUT2D eigenvalue weighted by atomic mass is 35.5. The van der Waals surface area contributed by atoms with E-state index in [1.807, 2.05) is 36.2 Å². The van der Waals surface area contributed by atoms with E-state index in [4.69, 9.17) is 28.0 Å². The lowest BCUT2D eigenvalue weighted by atomic mass is 9.94. The van der Waals surface area contributed by atoms with Crippen LogP contribution in [0.3, 0.4) is 0 Å². The number of anilines is 1. The van der Waals surface area contributed by atoms with Crippen molar-refractivity contribution in [3.05, 3.63) is 81.8 Å². The molecule has 208 valence electrons. The Hall–Kier alpha value is -3.39. The molecule has 0 spiro atoms. The van der Waals surface area contributed by atoms with Gasteiger partial charge in [0.1, 0.15) is 0 Å². The maximum atomic E-state index is 13.7. The van der Waals surface area contributed by atoms with Gasteiger partial charge in [-0.25, -0.2) is 0 Å². The summed E-state index contributed by atoms with van der Waals surface area (Å²) in [6.45, 7) is 4.33. The van der Waals surface area contributed by atoms with Crippen LogP contribution < -0.4 is 10.2 Å². The van der Waals surface area contributed by atoms with Gasteiger partial charge in [0.2, 0.25) is 11.8 Å². The summed E-state index contributed by atoms with van der Waals surface area (Å²) in [5, 5.41) is 7.64. The first-order chi connectivity index (χ1) is 19.3. The molecule has 5 rings (SSSR count). The van der Waals surface area contributed by atoms with Crippen molar-refractivity contribution in [2.45, 2.75) is 38.1 Å². The Kier molecular flexibility index (Phi) is 8.74. The third kappa shape index (κ3) is 6.49. The number of likely N-dealkylation sites (tertiary alicyclic amines) is 1. The van der Waals surface area contributed by atoms with Crippen molar-refractivity contribution in [2.24, 2.45) is 5.16 Å². The van der Waals surface area contributed by atoms with Gasteiger partial charge in [-0.1, -0.05) is 64.8 Å². The molecule has 40 heavy (non-hydrogen) atoms. The average Bonchev–Trinajstić information content (AvgIpc) is 3.46. The average molecular weight is 580 g/mol. The lowest BCUT2D eigenvalue weighted by Gasteiger charge is -2.33. The number of benzene rings is 3. The van der Waals surface area contributed by atoms with Crippen molar-refractivity contribution >= 4 is 46.9 Å². The number of hydrogen-bond donors (Lipinski definition) is 1. The molecule has 2 aliphatic heterocycles. The highest BCUT2D eigenvalue weighted by Gasteiger charge is 2.29. The Morgan fingerprint density at radius 3 is 2.50 bits per heavy atom. The van der Waals surface area contributed by atoms with Crippen LogP contribution in [-0.2, 0) is 9.59 Å². The predicted octanol–water partition coefficient (Wildman–Crippen LogP) is 6.77. The van der Waals surface area contributed by atoms with Crippen LogP contribution in [-0.4, -0.2) is 54.5 Å². The number of nitrogens with one attached hydrogen (secondary N) is 1. The molecule has 1 fully saturated rings. The van der Waals surface area contributed by atoms with E-state index in [0.717, 1.165) is 47.6 Å². The number of fused-ring (bicyclic) bond motifs is 1.